The Bertz CT molecular complexity index is 375. The summed E-state index contributed by atoms with van der Waals surface area (Å²) in [5, 5.41) is 3.17. The van der Waals surface area contributed by atoms with E-state index >= 15 is 0 Å². The molecule has 0 spiro atoms. The Balaban J connectivity index is 1.82. The minimum Gasteiger partial charge on any atom is -0.288 e. The van der Waals surface area contributed by atoms with Crippen LogP contribution in [0.2, 0.25) is 0 Å². The van der Waals surface area contributed by atoms with Crippen LogP contribution in [0.3, 0.4) is 0 Å². The van der Waals surface area contributed by atoms with Crippen LogP contribution in [0.1, 0.15) is 47.6 Å². The van der Waals surface area contributed by atoms with Gasteiger partial charge in [0.15, 0.2) is 5.01 Å². The number of aromatic nitrogens is 1. The minimum atomic E-state index is -0.302. The Morgan fingerprint density at radius 3 is 3.00 bits per heavy atom. The van der Waals surface area contributed by atoms with Crippen molar-refractivity contribution in [1.29, 1.82) is 0 Å². The first-order valence-electron chi connectivity index (χ1n) is 5.86. The van der Waals surface area contributed by atoms with Crippen LogP contribution in [-0.4, -0.2) is 16.1 Å². The maximum absolute atomic E-state index is 11.2. The molecule has 0 atom stereocenters. The second-order valence-corrected chi connectivity index (χ2v) is 6.34. The van der Waals surface area contributed by atoms with Gasteiger partial charge in [0.2, 0.25) is 0 Å². The standard InChI is InChI=1S/C11H17N3OS2/c12-14-10(15)11-13-8(7-17-11)6-16-9-4-2-1-3-5-9/h7,9H,1-6,12H2,(H,14,15). The van der Waals surface area contributed by atoms with Gasteiger partial charge in [-0.3, -0.25) is 10.2 Å². The summed E-state index contributed by atoms with van der Waals surface area (Å²) < 4.78 is 0. The fraction of sp³-hybridized carbons (Fsp3) is 0.636. The lowest BCUT2D eigenvalue weighted by Crippen LogP contribution is -2.29. The van der Waals surface area contributed by atoms with Crippen LogP contribution in [0.15, 0.2) is 5.38 Å². The lowest BCUT2D eigenvalue weighted by atomic mass is 10.0. The molecule has 0 bridgehead atoms. The number of nitrogens with one attached hydrogen (secondary N) is 1. The molecule has 1 fully saturated rings. The molecule has 3 N–H and O–H groups in total. The average Bonchev–Trinajstić information content (AvgIpc) is 2.85. The fourth-order valence-corrected chi connectivity index (χ4v) is 4.02. The van der Waals surface area contributed by atoms with Crippen molar-refractivity contribution in [1.82, 2.24) is 10.4 Å². The molecule has 1 aliphatic rings. The molecule has 0 aliphatic heterocycles. The SMILES string of the molecule is NNC(=O)c1nc(CSC2CCCCC2)cs1. The number of thioether (sulfide) groups is 1. The van der Waals surface area contributed by atoms with Gasteiger partial charge >= 0.3 is 0 Å². The van der Waals surface area contributed by atoms with Crippen molar-refractivity contribution >= 4 is 29.0 Å². The van der Waals surface area contributed by atoms with Crippen LogP contribution in [-0.2, 0) is 5.75 Å². The molecule has 4 nitrogen and oxygen atoms in total. The van der Waals surface area contributed by atoms with E-state index in [9.17, 15) is 4.79 Å². The monoisotopic (exact) mass is 271 g/mol. The van der Waals surface area contributed by atoms with Gasteiger partial charge in [-0.1, -0.05) is 19.3 Å². The Labute approximate surface area is 109 Å². The van der Waals surface area contributed by atoms with Gasteiger partial charge < -0.3 is 0 Å². The predicted molar refractivity (Wildman–Crippen MR) is 71.9 cm³/mol. The summed E-state index contributed by atoms with van der Waals surface area (Å²) >= 11 is 3.32. The van der Waals surface area contributed by atoms with E-state index in [2.05, 4.69) is 10.4 Å². The number of thiazole rings is 1. The van der Waals surface area contributed by atoms with E-state index in [1.54, 1.807) is 0 Å². The molecule has 2 rings (SSSR count). The zero-order chi connectivity index (χ0) is 12.1. The zero-order valence-corrected chi connectivity index (χ0v) is 11.3. The summed E-state index contributed by atoms with van der Waals surface area (Å²) in [6, 6.07) is 0. The predicted octanol–water partition coefficient (Wildman–Crippen LogP) is 2.31. The molecule has 1 aromatic rings. The number of rotatable bonds is 4. The molecule has 0 unspecified atom stereocenters. The maximum atomic E-state index is 11.2. The van der Waals surface area contributed by atoms with Crippen LogP contribution in [0.25, 0.3) is 0 Å². The van der Waals surface area contributed by atoms with Gasteiger partial charge in [-0.15, -0.1) is 11.3 Å². The van der Waals surface area contributed by atoms with E-state index in [0.717, 1.165) is 16.7 Å². The molecule has 1 heterocycles. The van der Waals surface area contributed by atoms with E-state index in [4.69, 9.17) is 5.84 Å². The molecular weight excluding hydrogens is 254 g/mol. The zero-order valence-electron chi connectivity index (χ0n) is 9.65. The van der Waals surface area contributed by atoms with E-state index in [1.165, 1.54) is 43.4 Å². The van der Waals surface area contributed by atoms with Crippen molar-refractivity contribution in [3.63, 3.8) is 0 Å². The lowest BCUT2D eigenvalue weighted by Gasteiger charge is -2.20. The van der Waals surface area contributed by atoms with Crippen LogP contribution < -0.4 is 11.3 Å². The number of nitrogen functional groups attached to an aromatic ring is 1. The van der Waals surface area contributed by atoms with E-state index < -0.39 is 0 Å². The lowest BCUT2D eigenvalue weighted by molar-refractivity contribution is 0.0953. The normalized spacial score (nSPS) is 17.0. The Kier molecular flexibility index (Phi) is 4.82. The highest BCUT2D eigenvalue weighted by Crippen LogP contribution is 2.30. The quantitative estimate of drug-likeness (QED) is 0.501. The van der Waals surface area contributed by atoms with Gasteiger partial charge in [-0.25, -0.2) is 10.8 Å². The van der Waals surface area contributed by atoms with Crippen molar-refractivity contribution in [2.75, 3.05) is 0 Å². The molecule has 94 valence electrons. The molecule has 0 saturated heterocycles. The van der Waals surface area contributed by atoms with Gasteiger partial charge in [-0.2, -0.15) is 11.8 Å². The Morgan fingerprint density at radius 2 is 2.29 bits per heavy atom. The molecule has 0 radical (unpaired) electrons. The van der Waals surface area contributed by atoms with Gasteiger partial charge in [0.1, 0.15) is 0 Å². The molecule has 0 aromatic carbocycles. The number of nitrogens with zero attached hydrogens (tertiary/aromatic N) is 1. The number of hydrogen-bond acceptors (Lipinski definition) is 5. The molecule has 6 heteroatoms. The summed E-state index contributed by atoms with van der Waals surface area (Å²) in [5.41, 5.74) is 3.09. The molecule has 1 amide bonds. The Morgan fingerprint density at radius 1 is 1.53 bits per heavy atom. The van der Waals surface area contributed by atoms with Crippen LogP contribution in [0.5, 0.6) is 0 Å². The van der Waals surface area contributed by atoms with Crippen LogP contribution >= 0.6 is 23.1 Å². The van der Waals surface area contributed by atoms with Crippen molar-refractivity contribution in [2.45, 2.75) is 43.1 Å². The number of carbonyl (C=O) groups is 1. The van der Waals surface area contributed by atoms with Crippen molar-refractivity contribution < 1.29 is 4.79 Å². The number of amides is 1. The average molecular weight is 271 g/mol. The highest BCUT2D eigenvalue weighted by Gasteiger charge is 2.15. The first-order valence-corrected chi connectivity index (χ1v) is 7.79. The fourth-order valence-electron chi connectivity index (χ4n) is 1.97. The first-order chi connectivity index (χ1) is 8.29. The first kappa shape index (κ1) is 12.9. The highest BCUT2D eigenvalue weighted by atomic mass is 32.2. The van der Waals surface area contributed by atoms with Crippen molar-refractivity contribution in [3.8, 4) is 0 Å². The topological polar surface area (TPSA) is 68.0 Å². The van der Waals surface area contributed by atoms with E-state index in [-0.39, 0.29) is 5.91 Å². The van der Waals surface area contributed by atoms with Crippen molar-refractivity contribution in [2.24, 2.45) is 5.84 Å². The van der Waals surface area contributed by atoms with Crippen molar-refractivity contribution in [3.05, 3.63) is 16.1 Å². The largest absolute Gasteiger partial charge is 0.294 e. The van der Waals surface area contributed by atoms with Crippen LogP contribution in [0.4, 0.5) is 0 Å². The molecule has 1 aromatic heterocycles. The third-order valence-electron chi connectivity index (χ3n) is 2.90. The maximum Gasteiger partial charge on any atom is 0.294 e. The van der Waals surface area contributed by atoms with Gasteiger partial charge in [0, 0.05) is 16.4 Å². The molecule has 1 aliphatic carbocycles. The van der Waals surface area contributed by atoms with E-state index in [1.807, 2.05) is 17.1 Å². The second-order valence-electron chi connectivity index (χ2n) is 4.19. The van der Waals surface area contributed by atoms with E-state index in [0.29, 0.717) is 5.01 Å². The summed E-state index contributed by atoms with van der Waals surface area (Å²) in [6.45, 7) is 0. The summed E-state index contributed by atoms with van der Waals surface area (Å²) in [4.78, 5) is 15.5. The number of carbonyl (C=O) groups excluding carboxylic acids is 1. The number of nitrogens with two attached hydrogens (primary N) is 1. The summed E-state index contributed by atoms with van der Waals surface area (Å²) in [5.74, 6) is 5.67. The van der Waals surface area contributed by atoms with Gasteiger partial charge in [-0.05, 0) is 12.8 Å². The van der Waals surface area contributed by atoms with Gasteiger partial charge in [0.25, 0.3) is 5.91 Å². The Hall–Kier alpha value is -0.590. The summed E-state index contributed by atoms with van der Waals surface area (Å²) in [7, 11) is 0. The molecule has 1 saturated carbocycles. The minimum absolute atomic E-state index is 0.302. The van der Waals surface area contributed by atoms with Crippen LogP contribution in [0, 0.1) is 0 Å². The number of hydrazine groups is 1. The molecule has 17 heavy (non-hydrogen) atoms. The number of hydrogen-bond donors (Lipinski definition) is 2. The second kappa shape index (κ2) is 6.37. The third kappa shape index (κ3) is 3.69. The third-order valence-corrected chi connectivity index (χ3v) is 5.19. The summed E-state index contributed by atoms with van der Waals surface area (Å²) in [6.07, 6.45) is 6.75. The smallest absolute Gasteiger partial charge is 0.288 e. The molecular formula is C11H17N3OS2. The van der Waals surface area contributed by atoms with Gasteiger partial charge in [0.05, 0.1) is 5.69 Å². The highest BCUT2D eigenvalue weighted by molar-refractivity contribution is 7.99.